The Morgan fingerprint density at radius 2 is 1.95 bits per heavy atom. The zero-order valence-corrected chi connectivity index (χ0v) is 11.2. The molecule has 0 atom stereocenters. The van der Waals surface area contributed by atoms with Gasteiger partial charge < -0.3 is 19.8 Å². The number of hydrogen-bond donors (Lipinski definition) is 3. The summed E-state index contributed by atoms with van der Waals surface area (Å²) in [6.45, 7) is 3.36. The van der Waals surface area contributed by atoms with Gasteiger partial charge in [-0.15, -0.1) is 0 Å². The SMILES string of the molecule is C=C(COCCP(=O)(O)O)C(=O)Nc1ccccc1. The molecule has 0 saturated heterocycles. The maximum atomic E-state index is 11.7. The fourth-order valence-electron chi connectivity index (χ4n) is 1.19. The molecular weight excluding hydrogens is 269 g/mol. The Bertz CT molecular complexity index is 482. The highest BCUT2D eigenvalue weighted by Crippen LogP contribution is 2.33. The lowest BCUT2D eigenvalue weighted by molar-refractivity contribution is -0.113. The zero-order valence-electron chi connectivity index (χ0n) is 10.3. The van der Waals surface area contributed by atoms with Crippen LogP contribution in [0.25, 0.3) is 0 Å². The van der Waals surface area contributed by atoms with Crippen LogP contribution in [-0.4, -0.2) is 35.1 Å². The molecule has 0 radical (unpaired) electrons. The summed E-state index contributed by atoms with van der Waals surface area (Å²) in [5.74, 6) is -0.387. The molecule has 0 spiro atoms. The lowest BCUT2D eigenvalue weighted by atomic mass is 10.2. The van der Waals surface area contributed by atoms with Crippen LogP contribution in [0.15, 0.2) is 42.5 Å². The van der Waals surface area contributed by atoms with Gasteiger partial charge in [-0.25, -0.2) is 0 Å². The number of hydrogen-bond acceptors (Lipinski definition) is 3. The molecular formula is C12H16NO5P. The first-order valence-corrected chi connectivity index (χ1v) is 7.35. The van der Waals surface area contributed by atoms with Crippen LogP contribution in [0.2, 0.25) is 0 Å². The Labute approximate surface area is 111 Å². The van der Waals surface area contributed by atoms with E-state index in [9.17, 15) is 9.36 Å². The second-order valence-corrected chi connectivity index (χ2v) is 5.64. The first-order valence-electron chi connectivity index (χ1n) is 5.55. The minimum Gasteiger partial charge on any atom is -0.376 e. The van der Waals surface area contributed by atoms with Gasteiger partial charge in [0.2, 0.25) is 0 Å². The van der Waals surface area contributed by atoms with Crippen LogP contribution in [0.1, 0.15) is 0 Å². The maximum absolute atomic E-state index is 11.7. The van der Waals surface area contributed by atoms with E-state index < -0.39 is 7.60 Å². The molecule has 104 valence electrons. The van der Waals surface area contributed by atoms with E-state index in [1.54, 1.807) is 24.3 Å². The van der Waals surface area contributed by atoms with Gasteiger partial charge in [-0.2, -0.15) is 0 Å². The second-order valence-electron chi connectivity index (χ2n) is 3.86. The van der Waals surface area contributed by atoms with Gasteiger partial charge in [-0.05, 0) is 12.1 Å². The van der Waals surface area contributed by atoms with E-state index in [0.717, 1.165) is 0 Å². The number of benzene rings is 1. The van der Waals surface area contributed by atoms with Crippen LogP contribution in [0, 0.1) is 0 Å². The molecule has 0 saturated carbocycles. The van der Waals surface area contributed by atoms with Crippen LogP contribution in [0.4, 0.5) is 5.69 Å². The zero-order chi connectivity index (χ0) is 14.3. The number of carbonyl (C=O) groups excluding carboxylic acids is 1. The Balaban J connectivity index is 2.30. The Morgan fingerprint density at radius 1 is 1.32 bits per heavy atom. The van der Waals surface area contributed by atoms with Crippen LogP contribution in [0.3, 0.4) is 0 Å². The van der Waals surface area contributed by atoms with E-state index in [0.29, 0.717) is 5.69 Å². The van der Waals surface area contributed by atoms with Gasteiger partial charge in [0.15, 0.2) is 0 Å². The number of amides is 1. The molecule has 0 aliphatic heterocycles. The summed E-state index contributed by atoms with van der Waals surface area (Å²) >= 11 is 0. The van der Waals surface area contributed by atoms with Gasteiger partial charge >= 0.3 is 7.60 Å². The third-order valence-electron chi connectivity index (χ3n) is 2.16. The highest BCUT2D eigenvalue weighted by molar-refractivity contribution is 7.51. The van der Waals surface area contributed by atoms with Crippen molar-refractivity contribution >= 4 is 19.2 Å². The maximum Gasteiger partial charge on any atom is 0.327 e. The highest BCUT2D eigenvalue weighted by atomic mass is 31.2. The smallest absolute Gasteiger partial charge is 0.327 e. The van der Waals surface area contributed by atoms with Gasteiger partial charge in [0.1, 0.15) is 0 Å². The molecule has 0 aliphatic rings. The molecule has 19 heavy (non-hydrogen) atoms. The van der Waals surface area contributed by atoms with Gasteiger partial charge in [0.25, 0.3) is 5.91 Å². The van der Waals surface area contributed by atoms with Crippen molar-refractivity contribution < 1.29 is 23.9 Å². The van der Waals surface area contributed by atoms with E-state index in [2.05, 4.69) is 11.9 Å². The number of para-hydroxylation sites is 1. The van der Waals surface area contributed by atoms with Crippen molar-refractivity contribution in [2.24, 2.45) is 0 Å². The van der Waals surface area contributed by atoms with Crippen molar-refractivity contribution in [3.8, 4) is 0 Å². The van der Waals surface area contributed by atoms with Gasteiger partial charge in [-0.3, -0.25) is 9.36 Å². The highest BCUT2D eigenvalue weighted by Gasteiger charge is 2.13. The number of ether oxygens (including phenoxy) is 1. The first-order chi connectivity index (χ1) is 8.88. The summed E-state index contributed by atoms with van der Waals surface area (Å²) < 4.78 is 15.5. The number of rotatable bonds is 7. The Morgan fingerprint density at radius 3 is 2.53 bits per heavy atom. The van der Waals surface area contributed by atoms with Crippen molar-refractivity contribution in [2.45, 2.75) is 0 Å². The molecule has 1 aromatic rings. The first kappa shape index (κ1) is 15.6. The number of nitrogens with one attached hydrogen (secondary N) is 1. The monoisotopic (exact) mass is 285 g/mol. The van der Waals surface area contributed by atoms with Crippen molar-refractivity contribution in [3.63, 3.8) is 0 Å². The Hall–Kier alpha value is -1.46. The van der Waals surface area contributed by atoms with E-state index >= 15 is 0 Å². The van der Waals surface area contributed by atoms with Gasteiger partial charge in [0.05, 0.1) is 19.4 Å². The summed E-state index contributed by atoms with van der Waals surface area (Å²) in [6, 6.07) is 8.87. The third-order valence-corrected chi connectivity index (χ3v) is 2.92. The van der Waals surface area contributed by atoms with Crippen molar-refractivity contribution in [1.29, 1.82) is 0 Å². The average Bonchev–Trinajstić information content (AvgIpc) is 2.34. The third kappa shape index (κ3) is 6.88. The molecule has 0 bridgehead atoms. The molecule has 0 unspecified atom stereocenters. The standard InChI is InChI=1S/C12H16NO5P/c1-10(9-18-7-8-19(15,16)17)12(14)13-11-5-3-2-4-6-11/h2-6H,1,7-9H2,(H,13,14)(H2,15,16,17). The van der Waals surface area contributed by atoms with E-state index in [4.69, 9.17) is 14.5 Å². The van der Waals surface area contributed by atoms with Crippen LogP contribution < -0.4 is 5.32 Å². The lowest BCUT2D eigenvalue weighted by Gasteiger charge is -2.09. The lowest BCUT2D eigenvalue weighted by Crippen LogP contribution is -2.17. The normalized spacial score (nSPS) is 11.1. The average molecular weight is 285 g/mol. The fraction of sp³-hybridized carbons (Fsp3) is 0.250. The van der Waals surface area contributed by atoms with Gasteiger partial charge in [-0.1, -0.05) is 24.8 Å². The quantitative estimate of drug-likeness (QED) is 0.399. The van der Waals surface area contributed by atoms with Crippen molar-refractivity contribution in [3.05, 3.63) is 42.5 Å². The molecule has 6 nitrogen and oxygen atoms in total. The molecule has 0 aromatic heterocycles. The van der Waals surface area contributed by atoms with Crippen molar-refractivity contribution in [2.75, 3.05) is 24.7 Å². The minimum atomic E-state index is -4.06. The summed E-state index contributed by atoms with van der Waals surface area (Å²) in [5, 5.41) is 2.63. The van der Waals surface area contributed by atoms with Crippen LogP contribution in [-0.2, 0) is 14.1 Å². The van der Waals surface area contributed by atoms with E-state index in [1.165, 1.54) is 0 Å². The fourth-order valence-corrected chi connectivity index (χ4v) is 1.55. The molecule has 1 aromatic carbocycles. The predicted molar refractivity (Wildman–Crippen MR) is 71.9 cm³/mol. The predicted octanol–water partition coefficient (Wildman–Crippen LogP) is 1.38. The molecule has 0 fully saturated rings. The molecule has 7 heteroatoms. The Kier molecular flexibility index (Phi) is 5.92. The minimum absolute atomic E-state index is 0.0708. The summed E-state index contributed by atoms with van der Waals surface area (Å²) in [5.41, 5.74) is 0.832. The topological polar surface area (TPSA) is 95.9 Å². The number of anilines is 1. The molecule has 0 aliphatic carbocycles. The van der Waals surface area contributed by atoms with Crippen molar-refractivity contribution in [1.82, 2.24) is 0 Å². The van der Waals surface area contributed by atoms with E-state index in [-0.39, 0.29) is 30.9 Å². The van der Waals surface area contributed by atoms with Crippen LogP contribution in [0.5, 0.6) is 0 Å². The van der Waals surface area contributed by atoms with E-state index in [1.807, 2.05) is 6.07 Å². The molecule has 1 amide bonds. The largest absolute Gasteiger partial charge is 0.376 e. The molecule has 1 rings (SSSR count). The second kappa shape index (κ2) is 7.21. The summed E-state index contributed by atoms with van der Waals surface area (Å²) in [7, 11) is -4.06. The van der Waals surface area contributed by atoms with Gasteiger partial charge in [0, 0.05) is 11.3 Å². The van der Waals surface area contributed by atoms with Crippen LogP contribution >= 0.6 is 7.60 Å². The number of carbonyl (C=O) groups is 1. The summed E-state index contributed by atoms with van der Waals surface area (Å²) in [6.07, 6.45) is -0.374. The molecule has 3 N–H and O–H groups in total. The molecule has 0 heterocycles. The summed E-state index contributed by atoms with van der Waals surface area (Å²) in [4.78, 5) is 28.9.